The number of aliphatic hydroxyl groups is 2. The third-order valence-corrected chi connectivity index (χ3v) is 5.65. The minimum atomic E-state index is -1.13. The maximum absolute atomic E-state index is 12.5. The number of hydrogen-bond donors (Lipinski definition) is 3. The first-order chi connectivity index (χ1) is 16.4. The van der Waals surface area contributed by atoms with Crippen LogP contribution in [-0.4, -0.2) is 71.9 Å². The molecule has 1 saturated heterocycles. The number of aliphatic hydroxyl groups excluding tert-OH is 2. The molecular weight excluding hydrogens is 432 g/mol. The first-order valence-corrected chi connectivity index (χ1v) is 11.1. The van der Waals surface area contributed by atoms with Crippen LogP contribution in [0.4, 0.5) is 10.5 Å². The summed E-state index contributed by atoms with van der Waals surface area (Å²) in [5.41, 5.74) is 3.78. The molecule has 1 fully saturated rings. The monoisotopic (exact) mass is 460 g/mol. The topological polar surface area (TPSA) is 117 Å². The van der Waals surface area contributed by atoms with Gasteiger partial charge in [-0.15, -0.1) is 0 Å². The summed E-state index contributed by atoms with van der Waals surface area (Å²) in [5, 5.41) is 30.0. The van der Waals surface area contributed by atoms with Gasteiger partial charge in [-0.1, -0.05) is 24.0 Å². The van der Waals surface area contributed by atoms with E-state index in [9.17, 15) is 14.7 Å². The average molecular weight is 461 g/mol. The van der Waals surface area contributed by atoms with Crippen molar-refractivity contribution in [1.29, 1.82) is 5.26 Å². The van der Waals surface area contributed by atoms with Crippen molar-refractivity contribution < 1.29 is 19.8 Å². The molecule has 8 heteroatoms. The number of amides is 2. The van der Waals surface area contributed by atoms with Gasteiger partial charge in [0.15, 0.2) is 5.78 Å². The van der Waals surface area contributed by atoms with Gasteiger partial charge in [0.2, 0.25) is 0 Å². The van der Waals surface area contributed by atoms with Gasteiger partial charge in [-0.3, -0.25) is 4.79 Å². The van der Waals surface area contributed by atoms with E-state index in [0.717, 1.165) is 22.4 Å². The highest BCUT2D eigenvalue weighted by atomic mass is 16.3. The van der Waals surface area contributed by atoms with Gasteiger partial charge in [0.25, 0.3) is 0 Å². The van der Waals surface area contributed by atoms with Crippen LogP contribution in [0, 0.1) is 23.2 Å². The van der Waals surface area contributed by atoms with Crippen LogP contribution in [0.15, 0.2) is 48.5 Å². The largest absolute Gasteiger partial charge is 0.391 e. The number of carbonyl (C=O) groups is 2. The minimum absolute atomic E-state index is 0.389. The van der Waals surface area contributed by atoms with Gasteiger partial charge in [-0.2, -0.15) is 5.26 Å². The Morgan fingerprint density at radius 3 is 2.06 bits per heavy atom. The summed E-state index contributed by atoms with van der Waals surface area (Å²) in [6.07, 6.45) is -0.700. The number of nitriles is 1. The van der Waals surface area contributed by atoms with E-state index < -0.39 is 30.6 Å². The quantitative estimate of drug-likeness (QED) is 0.560. The fourth-order valence-corrected chi connectivity index (χ4v) is 3.66. The second-order valence-corrected chi connectivity index (χ2v) is 8.09. The maximum Gasteiger partial charge on any atom is 0.318 e. The van der Waals surface area contributed by atoms with Crippen LogP contribution in [0.2, 0.25) is 0 Å². The zero-order valence-electron chi connectivity index (χ0n) is 19.1. The Labute approximate surface area is 199 Å². The Hall–Kier alpha value is -3.85. The van der Waals surface area contributed by atoms with Crippen LogP contribution in [0.1, 0.15) is 23.6 Å². The molecule has 176 valence electrons. The minimum Gasteiger partial charge on any atom is -0.391 e. The molecule has 3 N–H and O–H groups in total. The van der Waals surface area contributed by atoms with Crippen molar-refractivity contribution in [2.45, 2.75) is 25.5 Å². The second-order valence-electron chi connectivity index (χ2n) is 8.09. The molecule has 2 aromatic rings. The van der Waals surface area contributed by atoms with E-state index in [1.807, 2.05) is 48.5 Å². The summed E-state index contributed by atoms with van der Waals surface area (Å²) in [4.78, 5) is 28.0. The van der Waals surface area contributed by atoms with E-state index in [2.05, 4.69) is 28.1 Å². The van der Waals surface area contributed by atoms with Crippen LogP contribution >= 0.6 is 0 Å². The lowest BCUT2D eigenvalue weighted by molar-refractivity contribution is -0.125. The van der Waals surface area contributed by atoms with Crippen LogP contribution in [0.25, 0.3) is 0 Å². The second kappa shape index (κ2) is 11.9. The third kappa shape index (κ3) is 6.58. The molecule has 8 nitrogen and oxygen atoms in total. The molecule has 0 spiro atoms. The molecule has 2 aromatic carbocycles. The SMILES string of the molecule is C[C@H](O)[C@@H](NC(=O)N1CCN(c2ccc(C#Cc3ccc(CC#N)cc3)cc2)CC1)C(=O)CO. The molecule has 1 aliphatic heterocycles. The molecule has 0 saturated carbocycles. The number of anilines is 1. The van der Waals surface area contributed by atoms with E-state index >= 15 is 0 Å². The highest BCUT2D eigenvalue weighted by molar-refractivity contribution is 5.89. The average Bonchev–Trinajstić information content (AvgIpc) is 2.86. The number of nitrogens with one attached hydrogen (secondary N) is 1. The zero-order valence-corrected chi connectivity index (χ0v) is 19.1. The highest BCUT2D eigenvalue weighted by Gasteiger charge is 2.28. The Morgan fingerprint density at radius 1 is 1.00 bits per heavy atom. The molecule has 0 radical (unpaired) electrons. The Morgan fingerprint density at radius 2 is 1.56 bits per heavy atom. The lowest BCUT2D eigenvalue weighted by atomic mass is 10.1. The molecule has 0 bridgehead atoms. The first-order valence-electron chi connectivity index (χ1n) is 11.1. The van der Waals surface area contributed by atoms with E-state index in [-0.39, 0.29) is 0 Å². The summed E-state index contributed by atoms with van der Waals surface area (Å²) in [6.45, 7) is 2.85. The number of Topliss-reactive ketones (excluding diaryl/α,β-unsaturated/α-hetero) is 1. The number of ketones is 1. The molecule has 1 aliphatic rings. The van der Waals surface area contributed by atoms with Gasteiger partial charge < -0.3 is 25.3 Å². The van der Waals surface area contributed by atoms with Crippen LogP contribution in [0.3, 0.4) is 0 Å². The van der Waals surface area contributed by atoms with Gasteiger partial charge in [-0.05, 0) is 48.9 Å². The van der Waals surface area contributed by atoms with Crippen LogP contribution < -0.4 is 10.2 Å². The maximum atomic E-state index is 12.5. The van der Waals surface area contributed by atoms with Crippen molar-refractivity contribution >= 4 is 17.5 Å². The fourth-order valence-electron chi connectivity index (χ4n) is 3.66. The van der Waals surface area contributed by atoms with E-state index in [0.29, 0.717) is 32.6 Å². The number of nitrogens with zero attached hydrogens (tertiary/aromatic N) is 3. The van der Waals surface area contributed by atoms with Crippen molar-refractivity contribution in [3.8, 4) is 17.9 Å². The molecule has 0 aromatic heterocycles. The number of urea groups is 1. The van der Waals surface area contributed by atoms with E-state index in [4.69, 9.17) is 10.4 Å². The number of piperazine rings is 1. The van der Waals surface area contributed by atoms with Crippen molar-refractivity contribution in [1.82, 2.24) is 10.2 Å². The Balaban J connectivity index is 1.54. The highest BCUT2D eigenvalue weighted by Crippen LogP contribution is 2.17. The summed E-state index contributed by atoms with van der Waals surface area (Å²) >= 11 is 0. The van der Waals surface area contributed by atoms with Crippen LogP contribution in [-0.2, 0) is 11.2 Å². The lowest BCUT2D eigenvalue weighted by Crippen LogP contribution is -2.57. The third-order valence-electron chi connectivity index (χ3n) is 5.65. The molecular formula is C26H28N4O4. The number of hydrogen-bond acceptors (Lipinski definition) is 6. The molecule has 0 aliphatic carbocycles. The standard InChI is InChI=1S/C26H28N4O4/c1-19(32)25(24(33)18-31)28-26(34)30-16-14-29(15-17-30)23-10-8-21(9-11-23)3-2-20-4-6-22(7-5-20)12-13-27/h4-11,19,25,31-32H,12,14-18H2,1H3,(H,28,34)/t19-,25+/m0/s1. The molecule has 0 unspecified atom stereocenters. The van der Waals surface area contributed by atoms with Gasteiger partial charge in [0.1, 0.15) is 12.6 Å². The van der Waals surface area contributed by atoms with Crippen molar-refractivity contribution in [3.05, 3.63) is 65.2 Å². The fraction of sp³-hybridized carbons (Fsp3) is 0.346. The molecule has 2 atom stereocenters. The van der Waals surface area contributed by atoms with Crippen LogP contribution in [0.5, 0.6) is 0 Å². The predicted molar refractivity (Wildman–Crippen MR) is 128 cm³/mol. The first kappa shape index (κ1) is 24.8. The lowest BCUT2D eigenvalue weighted by Gasteiger charge is -2.36. The summed E-state index contributed by atoms with van der Waals surface area (Å²) in [5.74, 6) is 5.65. The smallest absolute Gasteiger partial charge is 0.318 e. The normalized spacial score (nSPS) is 14.9. The van der Waals surface area contributed by atoms with Gasteiger partial charge in [-0.25, -0.2) is 4.79 Å². The van der Waals surface area contributed by atoms with Gasteiger partial charge in [0.05, 0.1) is 18.6 Å². The number of rotatable bonds is 6. The molecule has 1 heterocycles. The summed E-state index contributed by atoms with van der Waals surface area (Å²) < 4.78 is 0. The summed E-state index contributed by atoms with van der Waals surface area (Å²) in [7, 11) is 0. The molecule has 2 amide bonds. The number of benzene rings is 2. The Kier molecular flexibility index (Phi) is 8.64. The van der Waals surface area contributed by atoms with Gasteiger partial charge in [0, 0.05) is 43.0 Å². The molecule has 3 rings (SSSR count). The van der Waals surface area contributed by atoms with E-state index in [1.165, 1.54) is 6.92 Å². The Bertz CT molecular complexity index is 1090. The number of carbonyl (C=O) groups excluding carboxylic acids is 2. The summed E-state index contributed by atoms with van der Waals surface area (Å²) in [6, 6.07) is 16.1. The molecule has 34 heavy (non-hydrogen) atoms. The van der Waals surface area contributed by atoms with Crippen molar-refractivity contribution in [2.75, 3.05) is 37.7 Å². The predicted octanol–water partition coefficient (Wildman–Crippen LogP) is 1.29. The van der Waals surface area contributed by atoms with Crippen molar-refractivity contribution in [2.24, 2.45) is 0 Å². The van der Waals surface area contributed by atoms with Gasteiger partial charge >= 0.3 is 6.03 Å². The van der Waals surface area contributed by atoms with E-state index in [1.54, 1.807) is 4.90 Å². The van der Waals surface area contributed by atoms with Crippen molar-refractivity contribution in [3.63, 3.8) is 0 Å². The zero-order chi connectivity index (χ0) is 24.5.